The van der Waals surface area contributed by atoms with Crippen molar-refractivity contribution in [1.82, 2.24) is 0 Å². The van der Waals surface area contributed by atoms with Crippen LogP contribution in [-0.2, 0) is 12.8 Å². The van der Waals surface area contributed by atoms with Crippen molar-refractivity contribution in [3.05, 3.63) is 248 Å². The van der Waals surface area contributed by atoms with Gasteiger partial charge in [0.2, 0.25) is 0 Å². The van der Waals surface area contributed by atoms with Crippen LogP contribution in [0.4, 0.5) is 0 Å². The summed E-state index contributed by atoms with van der Waals surface area (Å²) in [4.78, 5) is 0. The summed E-state index contributed by atoms with van der Waals surface area (Å²) in [6.07, 6.45) is 17.2. The van der Waals surface area contributed by atoms with Crippen LogP contribution in [0, 0.1) is 0 Å². The number of hydrogen-bond acceptors (Lipinski definition) is 0. The minimum Gasteiger partial charge on any atom is -0.0990 e. The average molecular weight is 721 g/mol. The Labute approximate surface area is 333 Å². The van der Waals surface area contributed by atoms with E-state index in [1.807, 2.05) is 18.2 Å². The maximum Gasteiger partial charge on any atom is -0.00235 e. The zero-order valence-corrected chi connectivity index (χ0v) is 32.2. The maximum absolute atomic E-state index is 4.04. The molecule has 7 aromatic carbocycles. The van der Waals surface area contributed by atoms with Crippen molar-refractivity contribution in [3.8, 4) is 55.6 Å². The van der Waals surface area contributed by atoms with Gasteiger partial charge < -0.3 is 0 Å². The Kier molecular flexibility index (Phi) is 12.4. The molecule has 272 valence electrons. The number of hydrogen-bond donors (Lipinski definition) is 0. The molecule has 0 amide bonds. The van der Waals surface area contributed by atoms with E-state index >= 15 is 0 Å². The second-order valence-corrected chi connectivity index (χ2v) is 14.0. The van der Waals surface area contributed by atoms with Crippen molar-refractivity contribution in [3.63, 3.8) is 0 Å². The summed E-state index contributed by atoms with van der Waals surface area (Å²) in [5.41, 5.74) is 18.2. The topological polar surface area (TPSA) is 0 Å². The van der Waals surface area contributed by atoms with Crippen molar-refractivity contribution in [2.45, 2.75) is 26.2 Å². The summed E-state index contributed by atoms with van der Waals surface area (Å²) in [6, 6.07) is 62.0. The minimum atomic E-state index is 0.793. The lowest BCUT2D eigenvalue weighted by Gasteiger charge is -2.24. The van der Waals surface area contributed by atoms with Crippen LogP contribution in [0.5, 0.6) is 0 Å². The van der Waals surface area contributed by atoms with Crippen molar-refractivity contribution < 1.29 is 0 Å². The molecule has 0 aliphatic carbocycles. The van der Waals surface area contributed by atoms with E-state index in [4.69, 9.17) is 0 Å². The van der Waals surface area contributed by atoms with E-state index in [0.29, 0.717) is 0 Å². The molecule has 7 aromatic rings. The van der Waals surface area contributed by atoms with Gasteiger partial charge in [0, 0.05) is 0 Å². The molecule has 0 heteroatoms. The third-order valence-corrected chi connectivity index (χ3v) is 10.2. The van der Waals surface area contributed by atoms with Gasteiger partial charge in [0.15, 0.2) is 0 Å². The number of benzene rings is 7. The predicted molar refractivity (Wildman–Crippen MR) is 244 cm³/mol. The predicted octanol–water partition coefficient (Wildman–Crippen LogP) is 15.4. The van der Waals surface area contributed by atoms with E-state index in [0.717, 1.165) is 30.4 Å². The molecule has 0 heterocycles. The largest absolute Gasteiger partial charge is 0.0990 e. The van der Waals surface area contributed by atoms with E-state index in [9.17, 15) is 0 Å². The molecule has 0 aliphatic heterocycles. The molecule has 56 heavy (non-hydrogen) atoms. The lowest BCUT2D eigenvalue weighted by Crippen LogP contribution is -2.01. The van der Waals surface area contributed by atoms with Gasteiger partial charge in [0.05, 0.1) is 0 Å². The molecule has 0 nitrogen and oxygen atoms in total. The molecule has 0 spiro atoms. The van der Waals surface area contributed by atoms with Crippen LogP contribution in [0.2, 0.25) is 0 Å². The highest BCUT2D eigenvalue weighted by molar-refractivity contribution is 6.00. The van der Waals surface area contributed by atoms with Crippen molar-refractivity contribution in [2.24, 2.45) is 0 Å². The van der Waals surface area contributed by atoms with E-state index in [1.165, 1.54) is 72.3 Å². The molecule has 0 radical (unpaired) electrons. The van der Waals surface area contributed by atoms with E-state index in [2.05, 4.69) is 214 Å². The highest BCUT2D eigenvalue weighted by atomic mass is 14.3. The summed E-state index contributed by atoms with van der Waals surface area (Å²) in [5, 5.41) is 0. The third-order valence-electron chi connectivity index (χ3n) is 10.2. The van der Waals surface area contributed by atoms with E-state index in [-0.39, 0.29) is 0 Å². The van der Waals surface area contributed by atoms with Crippen molar-refractivity contribution >= 4 is 5.57 Å². The van der Waals surface area contributed by atoms with Crippen molar-refractivity contribution in [2.75, 3.05) is 0 Å². The highest BCUT2D eigenvalue weighted by Gasteiger charge is 2.23. The zero-order valence-electron chi connectivity index (χ0n) is 32.2. The summed E-state index contributed by atoms with van der Waals surface area (Å²) in [6.45, 7) is 10.1. The van der Waals surface area contributed by atoms with E-state index < -0.39 is 0 Å². The smallest absolute Gasteiger partial charge is 0.00235 e. The standard InChI is InChI=1S/C56H48/c1-4-7-8-9-22-32-52-53(47-26-16-11-17-27-47)41-54(56(49-30-20-13-21-31-49)55(52)48-28-18-12-19-29-48)51-39-43(37-42-24-14-10-15-25-42)38-50(40-51)46-35-33-45(34-36-46)44(6-3)23-5-2/h5-31,33-36,38-41H,2-4,32,37H2,1H3/b8-7-,22-9-,44-23+. The second-order valence-electron chi connectivity index (χ2n) is 14.0. The minimum absolute atomic E-state index is 0.793. The fourth-order valence-corrected chi connectivity index (χ4v) is 7.56. The van der Waals surface area contributed by atoms with Gasteiger partial charge in [0.1, 0.15) is 0 Å². The Morgan fingerprint density at radius 2 is 1.05 bits per heavy atom. The van der Waals surface area contributed by atoms with Gasteiger partial charge in [-0.2, -0.15) is 0 Å². The van der Waals surface area contributed by atoms with Crippen LogP contribution in [0.15, 0.2) is 226 Å². The molecule has 0 bridgehead atoms. The molecule has 0 N–H and O–H groups in total. The van der Waals surface area contributed by atoms with Crippen LogP contribution < -0.4 is 0 Å². The Morgan fingerprint density at radius 3 is 1.66 bits per heavy atom. The molecule has 7 rings (SSSR count). The lowest BCUT2D eigenvalue weighted by atomic mass is 9.79. The monoisotopic (exact) mass is 720 g/mol. The highest BCUT2D eigenvalue weighted by Crippen LogP contribution is 2.47. The molecule has 0 aromatic heterocycles. The van der Waals surface area contributed by atoms with Gasteiger partial charge in [-0.15, -0.1) is 0 Å². The summed E-state index contributed by atoms with van der Waals surface area (Å²) < 4.78 is 0. The normalized spacial score (nSPS) is 11.6. The van der Waals surface area contributed by atoms with Gasteiger partial charge in [-0.1, -0.05) is 220 Å². The fraction of sp³-hybridized carbons (Fsp3) is 0.0714. The third kappa shape index (κ3) is 8.78. The Hall–Kier alpha value is -6.76. The van der Waals surface area contributed by atoms with Crippen molar-refractivity contribution in [1.29, 1.82) is 0 Å². The maximum atomic E-state index is 4.04. The van der Waals surface area contributed by atoms with Crippen LogP contribution in [0.3, 0.4) is 0 Å². The van der Waals surface area contributed by atoms with Gasteiger partial charge in [0.25, 0.3) is 0 Å². The van der Waals surface area contributed by atoms with Gasteiger partial charge in [-0.25, -0.2) is 0 Å². The molecule has 0 aliphatic rings. The second kappa shape index (κ2) is 18.5. The fourth-order valence-electron chi connectivity index (χ4n) is 7.56. The molecule has 0 saturated carbocycles. The first-order chi connectivity index (χ1) is 27.7. The Morgan fingerprint density at radius 1 is 0.482 bits per heavy atom. The lowest BCUT2D eigenvalue weighted by molar-refractivity contribution is 1.19. The summed E-state index contributed by atoms with van der Waals surface area (Å²) in [7, 11) is 0. The summed E-state index contributed by atoms with van der Waals surface area (Å²) >= 11 is 0. The first kappa shape index (κ1) is 37.6. The number of allylic oxidation sites excluding steroid dienone is 8. The average Bonchev–Trinajstić information content (AvgIpc) is 3.26. The van der Waals surface area contributed by atoms with Crippen LogP contribution in [-0.4, -0.2) is 0 Å². The molecule has 0 atom stereocenters. The Balaban J connectivity index is 1.54. The molecule has 0 saturated heterocycles. The quantitative estimate of drug-likeness (QED) is 0.0982. The van der Waals surface area contributed by atoms with Gasteiger partial charge in [-0.05, 0) is 115 Å². The van der Waals surface area contributed by atoms with Crippen LogP contribution >= 0.6 is 0 Å². The van der Waals surface area contributed by atoms with Gasteiger partial charge >= 0.3 is 0 Å². The van der Waals surface area contributed by atoms with Crippen LogP contribution in [0.1, 0.15) is 35.6 Å². The number of rotatable bonds is 14. The zero-order chi connectivity index (χ0) is 38.5. The van der Waals surface area contributed by atoms with Crippen LogP contribution in [0.25, 0.3) is 61.2 Å². The molecular weight excluding hydrogens is 673 g/mol. The molecular formula is C56H48. The van der Waals surface area contributed by atoms with Gasteiger partial charge in [-0.3, -0.25) is 0 Å². The van der Waals surface area contributed by atoms with E-state index in [1.54, 1.807) is 0 Å². The first-order valence-corrected chi connectivity index (χ1v) is 19.6. The summed E-state index contributed by atoms with van der Waals surface area (Å²) in [5.74, 6) is 0. The first-order valence-electron chi connectivity index (χ1n) is 19.6. The SMILES string of the molecule is C=C/C=C(\C=C)c1ccc(-c2cc(Cc3ccccc3)cc(-c3cc(-c4ccccc4)c(C/C=C\C=C/CC)c(-c4ccccc4)c3-c3ccccc3)c2)cc1. The Bertz CT molecular complexity index is 2480. The molecule has 0 unspecified atom stereocenters. The molecule has 0 fully saturated rings.